The van der Waals surface area contributed by atoms with Crippen molar-refractivity contribution in [3.05, 3.63) is 35.6 Å². The molecule has 2 nitrogen and oxygen atoms in total. The van der Waals surface area contributed by atoms with E-state index in [0.29, 0.717) is 0 Å². The van der Waals surface area contributed by atoms with Gasteiger partial charge in [0.1, 0.15) is 5.82 Å². The Bertz CT molecular complexity index is 387. The molecular formula is C8H8F2O2S. The first kappa shape index (κ1) is 10.1. The minimum absolute atomic E-state index is 0.133. The van der Waals surface area contributed by atoms with Crippen LogP contribution in [-0.2, 0) is 16.6 Å². The molecule has 0 unspecified atom stereocenters. The predicted molar refractivity (Wildman–Crippen MR) is 45.0 cm³/mol. The zero-order valence-electron chi connectivity index (χ0n) is 6.70. The number of aryl methyl sites for hydroxylation is 1. The van der Waals surface area contributed by atoms with E-state index in [1.807, 2.05) is 0 Å². The molecule has 1 aromatic carbocycles. The van der Waals surface area contributed by atoms with Crippen LogP contribution in [0.15, 0.2) is 24.3 Å². The average molecular weight is 206 g/mol. The number of hydrogen-bond acceptors (Lipinski definition) is 2. The highest BCUT2D eigenvalue weighted by Crippen LogP contribution is 2.08. The van der Waals surface area contributed by atoms with Gasteiger partial charge in [0.2, 0.25) is 0 Å². The molecule has 0 fully saturated rings. The van der Waals surface area contributed by atoms with E-state index >= 15 is 0 Å². The van der Waals surface area contributed by atoms with Gasteiger partial charge in [-0.1, -0.05) is 18.2 Å². The highest BCUT2D eigenvalue weighted by atomic mass is 32.3. The molecule has 0 amide bonds. The first-order chi connectivity index (χ1) is 5.99. The first-order valence-corrected chi connectivity index (χ1v) is 5.20. The molecule has 72 valence electrons. The van der Waals surface area contributed by atoms with Crippen molar-refractivity contribution in [3.63, 3.8) is 0 Å². The van der Waals surface area contributed by atoms with Crippen LogP contribution in [0.3, 0.4) is 0 Å². The highest BCUT2D eigenvalue weighted by molar-refractivity contribution is 7.86. The third-order valence-electron chi connectivity index (χ3n) is 1.57. The molecule has 0 radical (unpaired) electrons. The van der Waals surface area contributed by atoms with Gasteiger partial charge in [-0.15, -0.1) is 3.89 Å². The molecule has 5 heteroatoms. The normalized spacial score (nSPS) is 11.5. The number of rotatable bonds is 3. The van der Waals surface area contributed by atoms with E-state index in [0.717, 1.165) is 0 Å². The molecule has 0 saturated heterocycles. The van der Waals surface area contributed by atoms with E-state index in [1.54, 1.807) is 6.07 Å². The van der Waals surface area contributed by atoms with Gasteiger partial charge in [0, 0.05) is 0 Å². The van der Waals surface area contributed by atoms with Gasteiger partial charge in [-0.25, -0.2) is 4.39 Å². The van der Waals surface area contributed by atoms with Gasteiger partial charge in [0.05, 0.1) is 5.75 Å². The van der Waals surface area contributed by atoms with Crippen LogP contribution in [0.25, 0.3) is 0 Å². The van der Waals surface area contributed by atoms with E-state index in [2.05, 4.69) is 0 Å². The standard InChI is InChI=1S/C8H8F2O2S/c9-8-4-2-1-3-7(8)5-6-13(10,11)12/h1-4H,5-6H2. The molecule has 1 aromatic rings. The third kappa shape index (κ3) is 3.50. The van der Waals surface area contributed by atoms with E-state index in [9.17, 15) is 16.7 Å². The lowest BCUT2D eigenvalue weighted by Gasteiger charge is -1.99. The maximum absolute atomic E-state index is 12.8. The van der Waals surface area contributed by atoms with Crippen LogP contribution in [0.4, 0.5) is 8.28 Å². The molecule has 13 heavy (non-hydrogen) atoms. The topological polar surface area (TPSA) is 34.1 Å². The Labute approximate surface area is 75.4 Å². The van der Waals surface area contributed by atoms with Crippen molar-refractivity contribution in [1.82, 2.24) is 0 Å². The average Bonchev–Trinajstić information content (AvgIpc) is 2.01. The second-order valence-corrected chi connectivity index (χ2v) is 4.07. The second-order valence-electron chi connectivity index (χ2n) is 2.58. The summed E-state index contributed by atoms with van der Waals surface area (Å²) in [6.45, 7) is 0. The van der Waals surface area contributed by atoms with Crippen molar-refractivity contribution in [2.24, 2.45) is 0 Å². The van der Waals surface area contributed by atoms with E-state index in [-0.39, 0.29) is 12.0 Å². The molecule has 0 aliphatic heterocycles. The van der Waals surface area contributed by atoms with Crippen LogP contribution in [0, 0.1) is 5.82 Å². The highest BCUT2D eigenvalue weighted by Gasteiger charge is 2.09. The molecular weight excluding hydrogens is 198 g/mol. The van der Waals surface area contributed by atoms with Gasteiger partial charge in [-0.2, -0.15) is 8.42 Å². The van der Waals surface area contributed by atoms with Crippen molar-refractivity contribution in [2.75, 3.05) is 5.75 Å². The van der Waals surface area contributed by atoms with Crippen LogP contribution in [0.1, 0.15) is 5.56 Å². The molecule has 0 aliphatic rings. The second kappa shape index (κ2) is 3.83. The van der Waals surface area contributed by atoms with Gasteiger partial charge in [0.25, 0.3) is 0 Å². The first-order valence-electron chi connectivity index (χ1n) is 3.65. The molecule has 0 aliphatic carbocycles. The Morgan fingerprint density at radius 2 is 1.85 bits per heavy atom. The Morgan fingerprint density at radius 1 is 1.23 bits per heavy atom. The summed E-state index contributed by atoms with van der Waals surface area (Å²) >= 11 is 0. The van der Waals surface area contributed by atoms with E-state index in [1.165, 1.54) is 18.2 Å². The predicted octanol–water partition coefficient (Wildman–Crippen LogP) is 1.67. The van der Waals surface area contributed by atoms with Crippen LogP contribution >= 0.6 is 0 Å². The zero-order valence-corrected chi connectivity index (χ0v) is 7.52. The fourth-order valence-electron chi connectivity index (χ4n) is 0.933. The molecule has 0 bridgehead atoms. The third-order valence-corrected chi connectivity index (χ3v) is 2.26. The summed E-state index contributed by atoms with van der Waals surface area (Å²) in [4.78, 5) is 0. The summed E-state index contributed by atoms with van der Waals surface area (Å²) in [5, 5.41) is 0. The minimum atomic E-state index is -4.51. The van der Waals surface area contributed by atoms with Gasteiger partial charge >= 0.3 is 10.2 Å². The van der Waals surface area contributed by atoms with Gasteiger partial charge in [0.15, 0.2) is 0 Å². The van der Waals surface area contributed by atoms with Crippen molar-refractivity contribution < 1.29 is 16.7 Å². The lowest BCUT2D eigenvalue weighted by molar-refractivity contribution is 0.550. The maximum atomic E-state index is 12.8. The lowest BCUT2D eigenvalue weighted by Crippen LogP contribution is -2.03. The van der Waals surface area contributed by atoms with Crippen molar-refractivity contribution >= 4 is 10.2 Å². The summed E-state index contributed by atoms with van der Waals surface area (Å²) < 4.78 is 45.2. The molecule has 0 heterocycles. The van der Waals surface area contributed by atoms with Gasteiger partial charge in [-0.05, 0) is 18.1 Å². The molecule has 0 spiro atoms. The number of benzene rings is 1. The van der Waals surface area contributed by atoms with E-state index < -0.39 is 21.8 Å². The van der Waals surface area contributed by atoms with Crippen LogP contribution in [0.5, 0.6) is 0 Å². The molecule has 0 saturated carbocycles. The molecule has 0 atom stereocenters. The SMILES string of the molecule is O=S(=O)(F)CCc1ccccc1F. The Hall–Kier alpha value is -0.970. The molecule has 0 aromatic heterocycles. The van der Waals surface area contributed by atoms with Crippen molar-refractivity contribution in [3.8, 4) is 0 Å². The Morgan fingerprint density at radius 3 is 2.38 bits per heavy atom. The monoisotopic (exact) mass is 206 g/mol. The maximum Gasteiger partial charge on any atom is 0.302 e. The number of hydrogen-bond donors (Lipinski definition) is 0. The van der Waals surface area contributed by atoms with Gasteiger partial charge < -0.3 is 0 Å². The summed E-state index contributed by atoms with van der Waals surface area (Å²) in [7, 11) is -4.51. The lowest BCUT2D eigenvalue weighted by atomic mass is 10.2. The Balaban J connectivity index is 2.71. The van der Waals surface area contributed by atoms with Crippen LogP contribution < -0.4 is 0 Å². The Kier molecular flexibility index (Phi) is 2.98. The zero-order chi connectivity index (χ0) is 9.90. The largest absolute Gasteiger partial charge is 0.302 e. The summed E-state index contributed by atoms with van der Waals surface area (Å²) in [6, 6.07) is 5.70. The summed E-state index contributed by atoms with van der Waals surface area (Å²) in [5.74, 6) is -1.18. The summed E-state index contributed by atoms with van der Waals surface area (Å²) in [6.07, 6.45) is -0.133. The fourth-order valence-corrected chi connectivity index (χ4v) is 1.40. The van der Waals surface area contributed by atoms with Gasteiger partial charge in [-0.3, -0.25) is 0 Å². The molecule has 1 rings (SSSR count). The van der Waals surface area contributed by atoms with Crippen molar-refractivity contribution in [2.45, 2.75) is 6.42 Å². The molecule has 0 N–H and O–H groups in total. The summed E-state index contributed by atoms with van der Waals surface area (Å²) in [5.41, 5.74) is 0.212. The van der Waals surface area contributed by atoms with E-state index in [4.69, 9.17) is 0 Å². The number of halogens is 2. The quantitative estimate of drug-likeness (QED) is 0.705. The smallest absolute Gasteiger partial charge is 0.207 e. The van der Waals surface area contributed by atoms with Crippen LogP contribution in [-0.4, -0.2) is 14.2 Å². The fraction of sp³-hybridized carbons (Fsp3) is 0.250. The minimum Gasteiger partial charge on any atom is -0.207 e. The van der Waals surface area contributed by atoms with Crippen LogP contribution in [0.2, 0.25) is 0 Å². The van der Waals surface area contributed by atoms with Crippen molar-refractivity contribution in [1.29, 1.82) is 0 Å².